The quantitative estimate of drug-likeness (QED) is 0.157. The molecule has 0 radical (unpaired) electrons. The predicted molar refractivity (Wildman–Crippen MR) is 234 cm³/mol. The number of hydrogen-bond acceptors (Lipinski definition) is 11. The van der Waals surface area contributed by atoms with Gasteiger partial charge in [0, 0.05) is 67.3 Å². The summed E-state index contributed by atoms with van der Waals surface area (Å²) in [6.45, 7) is 13.3. The van der Waals surface area contributed by atoms with Crippen molar-refractivity contribution in [1.82, 2.24) is 35.5 Å². The molecule has 3 saturated heterocycles. The van der Waals surface area contributed by atoms with Gasteiger partial charge in [-0.15, -0.1) is 5.10 Å². The first-order valence-electron chi connectivity index (χ1n) is 21.5. The molecular formula is C47H52ClN9O5. The highest BCUT2D eigenvalue weighted by Crippen LogP contribution is 2.55. The molecule has 2 aromatic carbocycles. The zero-order valence-corrected chi connectivity index (χ0v) is 36.4. The Bertz CT molecular complexity index is 2520. The fourth-order valence-electron chi connectivity index (χ4n) is 10.2. The van der Waals surface area contributed by atoms with E-state index in [4.69, 9.17) is 16.3 Å². The summed E-state index contributed by atoms with van der Waals surface area (Å²) in [5, 5.41) is 23.7. The molecule has 3 aliphatic heterocycles. The van der Waals surface area contributed by atoms with Gasteiger partial charge in [0.2, 0.25) is 5.91 Å². The molecule has 322 valence electrons. The fourth-order valence-corrected chi connectivity index (χ4v) is 10.4. The smallest absolute Gasteiger partial charge is 0.278 e. The average Bonchev–Trinajstić information content (AvgIpc) is 3.26. The molecule has 5 heterocycles. The lowest BCUT2D eigenvalue weighted by atomic mass is 9.49. The second-order valence-corrected chi connectivity index (χ2v) is 18.8. The van der Waals surface area contributed by atoms with Crippen molar-refractivity contribution in [3.05, 3.63) is 86.9 Å². The predicted octanol–water partition coefficient (Wildman–Crippen LogP) is 5.67. The maximum absolute atomic E-state index is 13.4. The largest absolute Gasteiger partial charge is 0.489 e. The number of amides is 3. The molecule has 1 aliphatic carbocycles. The summed E-state index contributed by atoms with van der Waals surface area (Å²) in [6, 6.07) is 15.4. The normalized spacial score (nSPS) is 22.8. The Morgan fingerprint density at radius 2 is 1.69 bits per heavy atom. The first-order valence-corrected chi connectivity index (χ1v) is 21.9. The molecule has 0 spiro atoms. The fraction of sp³-hybridized carbons (Fsp3) is 0.489. The standard InChI is InChI=1S/C47H52ClN9O5/c1-46(2)44(47(3,4)45(46)62-35-12-9-31(26-49)37(48)25-35)52-41(59)32-8-10-33(50-27-32)7-5-6-29-16-20-55(21-17-29)28-30-18-22-56(23-19-30)34-11-13-38-36(24-34)43(61)57(54-53-38)39-14-15-40(58)51-42(39)60/h8-13,24-25,27,29-30,39,44-45H,6,14-23,28H2,1-4H3,(H,52,59)(H,51,58,60). The molecule has 62 heavy (non-hydrogen) atoms. The van der Waals surface area contributed by atoms with Crippen molar-refractivity contribution in [2.45, 2.75) is 90.8 Å². The van der Waals surface area contributed by atoms with Gasteiger partial charge in [0.15, 0.2) is 0 Å². The van der Waals surface area contributed by atoms with Gasteiger partial charge in [-0.25, -0.2) is 4.98 Å². The summed E-state index contributed by atoms with van der Waals surface area (Å²) < 4.78 is 7.47. The molecule has 1 unspecified atom stereocenters. The van der Waals surface area contributed by atoms with Crippen molar-refractivity contribution in [1.29, 1.82) is 5.26 Å². The lowest BCUT2D eigenvalue weighted by Crippen LogP contribution is -2.74. The number of piperidine rings is 3. The Kier molecular flexibility index (Phi) is 12.1. The van der Waals surface area contributed by atoms with Crippen LogP contribution in [0.25, 0.3) is 10.9 Å². The number of pyridine rings is 1. The second-order valence-electron chi connectivity index (χ2n) is 18.4. The molecule has 1 saturated carbocycles. The number of carbonyl (C=O) groups excluding carboxylic acids is 3. The van der Waals surface area contributed by atoms with E-state index in [-0.39, 0.29) is 53.2 Å². The number of anilines is 1. The molecule has 3 amide bonds. The third-order valence-electron chi connectivity index (χ3n) is 13.4. The summed E-state index contributed by atoms with van der Waals surface area (Å²) in [5.74, 6) is 7.23. The number of hydrogen-bond donors (Lipinski definition) is 2. The van der Waals surface area contributed by atoms with Gasteiger partial charge in [-0.1, -0.05) is 50.4 Å². The molecule has 8 rings (SSSR count). The zero-order valence-electron chi connectivity index (χ0n) is 35.6. The Balaban J connectivity index is 0.766. The van der Waals surface area contributed by atoms with Crippen LogP contribution in [-0.4, -0.2) is 87.5 Å². The summed E-state index contributed by atoms with van der Waals surface area (Å²) >= 11 is 6.24. The van der Waals surface area contributed by atoms with Gasteiger partial charge in [-0.3, -0.25) is 24.5 Å². The number of nitrogens with zero attached hydrogens (tertiary/aromatic N) is 7. The Hall–Kier alpha value is -5.83. The van der Waals surface area contributed by atoms with Gasteiger partial charge < -0.3 is 19.9 Å². The average molecular weight is 858 g/mol. The van der Waals surface area contributed by atoms with Crippen molar-refractivity contribution in [2.24, 2.45) is 22.7 Å². The van der Waals surface area contributed by atoms with E-state index in [2.05, 4.69) is 81.3 Å². The zero-order chi connectivity index (χ0) is 43.8. The minimum atomic E-state index is -0.847. The molecule has 15 heteroatoms. The van der Waals surface area contributed by atoms with Gasteiger partial charge >= 0.3 is 0 Å². The number of halogens is 1. The highest BCUT2D eigenvalue weighted by atomic mass is 35.5. The molecule has 2 N–H and O–H groups in total. The van der Waals surface area contributed by atoms with Gasteiger partial charge in [0.25, 0.3) is 17.4 Å². The number of fused-ring (bicyclic) bond motifs is 1. The van der Waals surface area contributed by atoms with Gasteiger partial charge in [0.05, 0.1) is 21.5 Å². The highest BCUT2D eigenvalue weighted by Gasteiger charge is 2.64. The number of aromatic nitrogens is 4. The molecule has 2 aromatic heterocycles. The number of likely N-dealkylation sites (tertiary alicyclic amines) is 1. The number of nitriles is 1. The lowest BCUT2D eigenvalue weighted by molar-refractivity contribution is -0.164. The van der Waals surface area contributed by atoms with Crippen molar-refractivity contribution in [2.75, 3.05) is 37.6 Å². The molecular weight excluding hydrogens is 806 g/mol. The molecule has 4 aromatic rings. The van der Waals surface area contributed by atoms with E-state index in [1.165, 1.54) is 0 Å². The number of ether oxygens (including phenoxy) is 1. The molecule has 14 nitrogen and oxygen atoms in total. The number of nitrogens with one attached hydrogen (secondary N) is 2. The van der Waals surface area contributed by atoms with Crippen LogP contribution in [-0.2, 0) is 9.59 Å². The maximum atomic E-state index is 13.4. The summed E-state index contributed by atoms with van der Waals surface area (Å²) in [4.78, 5) is 60.2. The van der Waals surface area contributed by atoms with Crippen LogP contribution in [0.2, 0.25) is 5.02 Å². The van der Waals surface area contributed by atoms with E-state index in [1.54, 1.807) is 30.5 Å². The molecule has 1 atom stereocenters. The van der Waals surface area contributed by atoms with Crippen LogP contribution < -0.4 is 25.8 Å². The van der Waals surface area contributed by atoms with Crippen molar-refractivity contribution >= 4 is 45.9 Å². The Morgan fingerprint density at radius 1 is 0.952 bits per heavy atom. The van der Waals surface area contributed by atoms with Crippen molar-refractivity contribution < 1.29 is 19.1 Å². The third-order valence-corrected chi connectivity index (χ3v) is 13.8. The van der Waals surface area contributed by atoms with Crippen LogP contribution in [0.3, 0.4) is 0 Å². The van der Waals surface area contributed by atoms with Gasteiger partial charge in [-0.05, 0) is 105 Å². The van der Waals surface area contributed by atoms with Gasteiger partial charge in [0.1, 0.15) is 35.2 Å². The summed E-state index contributed by atoms with van der Waals surface area (Å²) in [7, 11) is 0. The topological polar surface area (TPSA) is 175 Å². The Morgan fingerprint density at radius 3 is 2.37 bits per heavy atom. The van der Waals surface area contributed by atoms with Crippen LogP contribution in [0.1, 0.15) is 100 Å². The summed E-state index contributed by atoms with van der Waals surface area (Å²) in [6.07, 6.45) is 6.94. The number of imide groups is 1. The van der Waals surface area contributed by atoms with Crippen LogP contribution in [0.5, 0.6) is 5.75 Å². The lowest BCUT2D eigenvalue weighted by Gasteiger charge is -2.63. The molecule has 4 fully saturated rings. The van der Waals surface area contributed by atoms with Crippen LogP contribution in [0, 0.1) is 45.8 Å². The second kappa shape index (κ2) is 17.5. The van der Waals surface area contributed by atoms with E-state index in [0.717, 1.165) is 75.2 Å². The van der Waals surface area contributed by atoms with E-state index in [0.29, 0.717) is 50.3 Å². The monoisotopic (exact) mass is 857 g/mol. The maximum Gasteiger partial charge on any atom is 0.278 e. The van der Waals surface area contributed by atoms with Crippen LogP contribution in [0.15, 0.2) is 59.5 Å². The Labute approximate surface area is 366 Å². The minimum Gasteiger partial charge on any atom is -0.489 e. The first-order chi connectivity index (χ1) is 29.7. The van der Waals surface area contributed by atoms with Crippen LogP contribution in [0.4, 0.5) is 5.69 Å². The highest BCUT2D eigenvalue weighted by molar-refractivity contribution is 6.31. The van der Waals surface area contributed by atoms with E-state index in [1.807, 2.05) is 24.3 Å². The van der Waals surface area contributed by atoms with E-state index >= 15 is 0 Å². The minimum absolute atomic E-state index is 0.154. The molecule has 4 aliphatic rings. The number of rotatable bonds is 9. The third kappa shape index (κ3) is 8.77. The van der Waals surface area contributed by atoms with Crippen molar-refractivity contribution in [3.63, 3.8) is 0 Å². The number of benzene rings is 2. The number of carbonyl (C=O) groups is 3. The van der Waals surface area contributed by atoms with Crippen LogP contribution >= 0.6 is 11.6 Å². The summed E-state index contributed by atoms with van der Waals surface area (Å²) in [5.41, 5.74) is 1.84. The van der Waals surface area contributed by atoms with Gasteiger partial charge in [-0.2, -0.15) is 9.94 Å². The SMILES string of the molecule is CC1(C)C(NC(=O)c2ccc(C#CCC3CCN(CC4CCN(c5ccc6nnn(C7CCC(=O)NC7=O)c(=O)c6c5)CC4)CC3)nc2)C(C)(C)C1Oc1ccc(C#N)c(Cl)c1. The van der Waals surface area contributed by atoms with E-state index in [9.17, 15) is 24.4 Å². The first kappa shape index (κ1) is 42.8. The van der Waals surface area contributed by atoms with E-state index < -0.39 is 11.9 Å². The molecule has 0 bridgehead atoms. The van der Waals surface area contributed by atoms with Crippen molar-refractivity contribution in [3.8, 4) is 23.7 Å².